The van der Waals surface area contributed by atoms with Crippen LogP contribution in [0, 0.1) is 11.6 Å². The Morgan fingerprint density at radius 3 is 2.24 bits per heavy atom. The Kier molecular flexibility index (Phi) is 3.99. The smallest absolute Gasteiger partial charge is 0.150 e. The summed E-state index contributed by atoms with van der Waals surface area (Å²) in [6, 6.07) is 3.07. The molecule has 0 spiro atoms. The van der Waals surface area contributed by atoms with E-state index in [0.717, 1.165) is 12.8 Å². The molecule has 1 aromatic carbocycles. The van der Waals surface area contributed by atoms with E-state index in [4.69, 9.17) is 0 Å². The van der Waals surface area contributed by atoms with E-state index in [2.05, 4.69) is 21.2 Å². The molecule has 2 nitrogen and oxygen atoms in total. The molecule has 0 saturated carbocycles. The third kappa shape index (κ3) is 2.77. The summed E-state index contributed by atoms with van der Waals surface area (Å²) >= 11 is 3.08. The minimum atomic E-state index is -0.500. The second-order valence-electron chi connectivity index (χ2n) is 4.27. The van der Waals surface area contributed by atoms with Crippen molar-refractivity contribution >= 4 is 21.6 Å². The third-order valence-corrected chi connectivity index (χ3v) is 3.66. The largest absolute Gasteiger partial charge is 0.367 e. The van der Waals surface area contributed by atoms with Gasteiger partial charge in [0.05, 0.1) is 0 Å². The molecule has 1 saturated heterocycles. The van der Waals surface area contributed by atoms with Crippen LogP contribution in [0.5, 0.6) is 0 Å². The fourth-order valence-corrected chi connectivity index (χ4v) is 2.63. The topological polar surface area (TPSA) is 15.3 Å². The third-order valence-electron chi connectivity index (χ3n) is 3.20. The molecule has 1 aliphatic rings. The first-order valence-electron chi connectivity index (χ1n) is 5.68. The molecular weight excluding hydrogens is 290 g/mol. The normalized spacial score (nSPS) is 17.5. The number of nitrogens with one attached hydrogen (secondary N) is 1. The minimum Gasteiger partial charge on any atom is -0.367 e. The first kappa shape index (κ1) is 12.8. The fraction of sp³-hybridized carbons (Fsp3) is 0.500. The van der Waals surface area contributed by atoms with Crippen molar-refractivity contribution in [3.05, 3.63) is 28.2 Å². The number of hydrogen-bond donors (Lipinski definition) is 1. The zero-order valence-corrected chi connectivity index (χ0v) is 11.2. The molecule has 5 heteroatoms. The Hall–Kier alpha value is -0.680. The van der Waals surface area contributed by atoms with Gasteiger partial charge in [0.2, 0.25) is 0 Å². The van der Waals surface area contributed by atoms with Gasteiger partial charge in [0, 0.05) is 23.6 Å². The zero-order chi connectivity index (χ0) is 12.4. The molecule has 0 unspecified atom stereocenters. The van der Waals surface area contributed by atoms with E-state index < -0.39 is 11.6 Å². The molecule has 0 aliphatic carbocycles. The van der Waals surface area contributed by atoms with Crippen LogP contribution in [0.1, 0.15) is 12.8 Å². The predicted molar refractivity (Wildman–Crippen MR) is 68.4 cm³/mol. The summed E-state index contributed by atoms with van der Waals surface area (Å²) in [4.78, 5) is 1.78. The molecule has 0 amide bonds. The molecule has 94 valence electrons. The van der Waals surface area contributed by atoms with Crippen molar-refractivity contribution in [1.82, 2.24) is 5.32 Å². The van der Waals surface area contributed by atoms with Crippen LogP contribution in [0.4, 0.5) is 14.5 Å². The zero-order valence-electron chi connectivity index (χ0n) is 9.64. The monoisotopic (exact) mass is 304 g/mol. The van der Waals surface area contributed by atoms with E-state index in [0.29, 0.717) is 23.6 Å². The SMILES string of the molecule is CNC1CCN(c2c(F)cc(Br)cc2F)CC1. The molecule has 0 atom stereocenters. The summed E-state index contributed by atoms with van der Waals surface area (Å²) in [5.74, 6) is -1.00. The minimum absolute atomic E-state index is 0.0998. The molecule has 2 rings (SSSR count). The second kappa shape index (κ2) is 5.31. The molecule has 0 radical (unpaired) electrons. The highest BCUT2D eigenvalue weighted by Gasteiger charge is 2.23. The van der Waals surface area contributed by atoms with Crippen LogP contribution in [-0.2, 0) is 0 Å². The van der Waals surface area contributed by atoms with E-state index in [1.165, 1.54) is 12.1 Å². The van der Waals surface area contributed by atoms with Gasteiger partial charge >= 0.3 is 0 Å². The Bertz CT molecular complexity index is 380. The molecule has 0 aromatic heterocycles. The number of piperidine rings is 1. The highest BCUT2D eigenvalue weighted by Crippen LogP contribution is 2.29. The highest BCUT2D eigenvalue weighted by atomic mass is 79.9. The van der Waals surface area contributed by atoms with Gasteiger partial charge in [-0.25, -0.2) is 8.78 Å². The van der Waals surface area contributed by atoms with Gasteiger partial charge in [0.1, 0.15) is 5.69 Å². The molecule has 1 aliphatic heterocycles. The van der Waals surface area contributed by atoms with Gasteiger partial charge in [-0.3, -0.25) is 0 Å². The Labute approximate surface area is 108 Å². The number of benzene rings is 1. The number of hydrogen-bond acceptors (Lipinski definition) is 2. The Morgan fingerprint density at radius 1 is 1.24 bits per heavy atom. The summed E-state index contributed by atoms with van der Waals surface area (Å²) in [7, 11) is 1.92. The van der Waals surface area contributed by atoms with Crippen molar-refractivity contribution in [3.63, 3.8) is 0 Å². The fourth-order valence-electron chi connectivity index (χ4n) is 2.23. The molecular formula is C12H15BrF2N2. The molecule has 17 heavy (non-hydrogen) atoms. The number of halogens is 3. The first-order valence-corrected chi connectivity index (χ1v) is 6.48. The van der Waals surface area contributed by atoms with Gasteiger partial charge in [-0.05, 0) is 32.0 Å². The lowest BCUT2D eigenvalue weighted by Crippen LogP contribution is -2.41. The lowest BCUT2D eigenvalue weighted by Gasteiger charge is -2.33. The predicted octanol–water partition coefficient (Wildman–Crippen LogP) is 2.92. The van der Waals surface area contributed by atoms with Crippen LogP contribution in [0.3, 0.4) is 0 Å². The standard InChI is InChI=1S/C12H15BrF2N2/c1-16-9-2-4-17(5-3-9)12-10(14)6-8(13)7-11(12)15/h6-7,9,16H,2-5H2,1H3. The van der Waals surface area contributed by atoms with Crippen LogP contribution in [-0.4, -0.2) is 26.2 Å². The first-order chi connectivity index (χ1) is 8.11. The van der Waals surface area contributed by atoms with Crippen molar-refractivity contribution < 1.29 is 8.78 Å². The molecule has 1 fully saturated rings. The van der Waals surface area contributed by atoms with Gasteiger partial charge in [-0.1, -0.05) is 15.9 Å². The lowest BCUT2D eigenvalue weighted by molar-refractivity contribution is 0.434. The van der Waals surface area contributed by atoms with Gasteiger partial charge in [-0.2, -0.15) is 0 Å². The number of rotatable bonds is 2. The van der Waals surface area contributed by atoms with Crippen LogP contribution in [0.15, 0.2) is 16.6 Å². The van der Waals surface area contributed by atoms with Crippen molar-refractivity contribution in [1.29, 1.82) is 0 Å². The van der Waals surface area contributed by atoms with Crippen molar-refractivity contribution in [3.8, 4) is 0 Å². The van der Waals surface area contributed by atoms with Crippen LogP contribution >= 0.6 is 15.9 Å². The highest BCUT2D eigenvalue weighted by molar-refractivity contribution is 9.10. The van der Waals surface area contributed by atoms with Gasteiger partial charge in [-0.15, -0.1) is 0 Å². The summed E-state index contributed by atoms with van der Waals surface area (Å²) in [5, 5.41) is 3.19. The Balaban J connectivity index is 2.18. The average molecular weight is 305 g/mol. The van der Waals surface area contributed by atoms with Crippen molar-refractivity contribution in [2.75, 3.05) is 25.0 Å². The summed E-state index contributed by atoms with van der Waals surface area (Å²) in [6.07, 6.45) is 1.82. The van der Waals surface area contributed by atoms with Crippen LogP contribution < -0.4 is 10.2 Å². The van der Waals surface area contributed by atoms with Gasteiger partial charge < -0.3 is 10.2 Å². The summed E-state index contributed by atoms with van der Waals surface area (Å²) in [6.45, 7) is 1.36. The van der Waals surface area contributed by atoms with E-state index in [9.17, 15) is 8.78 Å². The van der Waals surface area contributed by atoms with Crippen molar-refractivity contribution in [2.24, 2.45) is 0 Å². The van der Waals surface area contributed by atoms with Crippen LogP contribution in [0.25, 0.3) is 0 Å². The van der Waals surface area contributed by atoms with E-state index in [-0.39, 0.29) is 5.69 Å². The van der Waals surface area contributed by atoms with E-state index in [1.807, 2.05) is 7.05 Å². The van der Waals surface area contributed by atoms with Crippen LogP contribution in [0.2, 0.25) is 0 Å². The maximum Gasteiger partial charge on any atom is 0.150 e. The quantitative estimate of drug-likeness (QED) is 0.904. The van der Waals surface area contributed by atoms with Gasteiger partial charge in [0.15, 0.2) is 11.6 Å². The second-order valence-corrected chi connectivity index (χ2v) is 5.18. The maximum atomic E-state index is 13.7. The molecule has 1 N–H and O–H groups in total. The average Bonchev–Trinajstić information content (AvgIpc) is 2.28. The number of nitrogens with zero attached hydrogens (tertiary/aromatic N) is 1. The molecule has 0 bridgehead atoms. The van der Waals surface area contributed by atoms with Gasteiger partial charge in [0.25, 0.3) is 0 Å². The number of anilines is 1. The van der Waals surface area contributed by atoms with Crippen molar-refractivity contribution in [2.45, 2.75) is 18.9 Å². The van der Waals surface area contributed by atoms with E-state index >= 15 is 0 Å². The van der Waals surface area contributed by atoms with E-state index in [1.54, 1.807) is 4.90 Å². The lowest BCUT2D eigenvalue weighted by atomic mass is 10.0. The molecule has 1 heterocycles. The molecule has 1 aromatic rings. The Morgan fingerprint density at radius 2 is 1.76 bits per heavy atom. The summed E-state index contributed by atoms with van der Waals surface area (Å²) < 4.78 is 27.9. The summed E-state index contributed by atoms with van der Waals surface area (Å²) in [5.41, 5.74) is 0.0998. The maximum absolute atomic E-state index is 13.7.